The monoisotopic (exact) mass is 449 g/mol. The van der Waals surface area contributed by atoms with E-state index >= 15 is 0 Å². The SMILES string of the molecule is CCOc1ccc(NC(=O)C2CCCN2C(=O)C2N3C(=O)CC3S(=O)(=O)C2(C)C)cc1. The van der Waals surface area contributed by atoms with Crippen LogP contribution in [0.1, 0.15) is 40.0 Å². The smallest absolute Gasteiger partial charge is 0.247 e. The Labute approximate surface area is 181 Å². The molecule has 3 amide bonds. The molecule has 4 rings (SSSR count). The highest BCUT2D eigenvalue weighted by molar-refractivity contribution is 7.93. The molecule has 0 saturated carbocycles. The number of anilines is 1. The van der Waals surface area contributed by atoms with Crippen LogP contribution in [0.15, 0.2) is 24.3 Å². The number of fused-ring (bicyclic) bond motifs is 1. The van der Waals surface area contributed by atoms with Crippen LogP contribution in [0.3, 0.4) is 0 Å². The molecule has 1 aromatic rings. The van der Waals surface area contributed by atoms with E-state index in [9.17, 15) is 22.8 Å². The van der Waals surface area contributed by atoms with E-state index in [0.29, 0.717) is 37.4 Å². The molecule has 3 aliphatic heterocycles. The van der Waals surface area contributed by atoms with Crippen LogP contribution < -0.4 is 10.1 Å². The molecule has 0 aliphatic carbocycles. The highest BCUT2D eigenvalue weighted by Crippen LogP contribution is 2.46. The number of β-lactam (4-membered cyclic amide) rings is 1. The van der Waals surface area contributed by atoms with Crippen LogP contribution >= 0.6 is 0 Å². The predicted molar refractivity (Wildman–Crippen MR) is 113 cm³/mol. The molecule has 1 aromatic carbocycles. The van der Waals surface area contributed by atoms with Gasteiger partial charge in [-0.3, -0.25) is 14.4 Å². The first kappa shape index (κ1) is 21.6. The molecule has 3 saturated heterocycles. The van der Waals surface area contributed by atoms with E-state index in [1.54, 1.807) is 24.3 Å². The van der Waals surface area contributed by atoms with Gasteiger partial charge in [0.25, 0.3) is 0 Å². The summed E-state index contributed by atoms with van der Waals surface area (Å²) in [6, 6.07) is 5.12. The van der Waals surface area contributed by atoms with E-state index in [4.69, 9.17) is 4.74 Å². The average molecular weight is 450 g/mol. The molecule has 3 unspecified atom stereocenters. The van der Waals surface area contributed by atoms with Crippen molar-refractivity contribution in [2.75, 3.05) is 18.5 Å². The first-order chi connectivity index (χ1) is 14.6. The number of benzene rings is 1. The van der Waals surface area contributed by atoms with Crippen LogP contribution in [0.25, 0.3) is 0 Å². The second-order valence-corrected chi connectivity index (χ2v) is 11.3. The van der Waals surface area contributed by atoms with Gasteiger partial charge in [0.2, 0.25) is 17.7 Å². The van der Waals surface area contributed by atoms with Crippen molar-refractivity contribution in [2.24, 2.45) is 0 Å². The number of carbonyl (C=O) groups excluding carboxylic acids is 3. The van der Waals surface area contributed by atoms with Gasteiger partial charge in [0.1, 0.15) is 23.2 Å². The third-order valence-corrected chi connectivity index (χ3v) is 9.28. The summed E-state index contributed by atoms with van der Waals surface area (Å²) in [4.78, 5) is 41.1. The van der Waals surface area contributed by atoms with Crippen LogP contribution in [-0.4, -0.2) is 71.3 Å². The van der Waals surface area contributed by atoms with Gasteiger partial charge >= 0.3 is 0 Å². The molecule has 0 aromatic heterocycles. The molecule has 0 radical (unpaired) electrons. The van der Waals surface area contributed by atoms with Gasteiger partial charge < -0.3 is 19.9 Å². The van der Waals surface area contributed by atoms with Crippen LogP contribution in [0.4, 0.5) is 5.69 Å². The summed E-state index contributed by atoms with van der Waals surface area (Å²) < 4.78 is 29.6. The molecule has 10 heteroatoms. The summed E-state index contributed by atoms with van der Waals surface area (Å²) in [5, 5.41) is 1.88. The molecule has 0 spiro atoms. The number of rotatable bonds is 5. The molecular formula is C21H27N3O6S. The largest absolute Gasteiger partial charge is 0.494 e. The lowest BCUT2D eigenvalue weighted by Crippen LogP contribution is -2.61. The lowest BCUT2D eigenvalue weighted by atomic mass is 9.96. The van der Waals surface area contributed by atoms with Crippen molar-refractivity contribution < 1.29 is 27.5 Å². The summed E-state index contributed by atoms with van der Waals surface area (Å²) >= 11 is 0. The van der Waals surface area contributed by atoms with Gasteiger partial charge in [0.05, 0.1) is 17.8 Å². The molecule has 3 fully saturated rings. The Kier molecular flexibility index (Phi) is 5.23. The second kappa shape index (κ2) is 7.51. The maximum atomic E-state index is 13.4. The van der Waals surface area contributed by atoms with Crippen LogP contribution in [-0.2, 0) is 24.2 Å². The summed E-state index contributed by atoms with van der Waals surface area (Å²) in [6.45, 7) is 5.75. The Morgan fingerprint density at radius 3 is 2.52 bits per heavy atom. The van der Waals surface area contributed by atoms with Crippen molar-refractivity contribution in [3.8, 4) is 5.75 Å². The topological polar surface area (TPSA) is 113 Å². The zero-order valence-electron chi connectivity index (χ0n) is 17.8. The Bertz CT molecular complexity index is 1020. The molecule has 31 heavy (non-hydrogen) atoms. The third-order valence-electron chi connectivity index (χ3n) is 6.48. The molecule has 168 valence electrons. The Morgan fingerprint density at radius 1 is 1.23 bits per heavy atom. The Hall–Kier alpha value is -2.62. The molecule has 3 atom stereocenters. The molecular weight excluding hydrogens is 422 g/mol. The second-order valence-electron chi connectivity index (χ2n) is 8.65. The van der Waals surface area contributed by atoms with Gasteiger partial charge in [0.15, 0.2) is 9.84 Å². The minimum absolute atomic E-state index is 0.0861. The van der Waals surface area contributed by atoms with Crippen LogP contribution in [0.2, 0.25) is 0 Å². The van der Waals surface area contributed by atoms with E-state index in [-0.39, 0.29) is 18.2 Å². The average Bonchev–Trinajstić information content (AvgIpc) is 3.24. The number of likely N-dealkylation sites (tertiary alicyclic amines) is 1. The van der Waals surface area contributed by atoms with Gasteiger partial charge in [0, 0.05) is 12.2 Å². The van der Waals surface area contributed by atoms with Crippen molar-refractivity contribution >= 4 is 33.2 Å². The number of nitrogens with zero attached hydrogens (tertiary/aromatic N) is 2. The van der Waals surface area contributed by atoms with Gasteiger partial charge in [-0.2, -0.15) is 0 Å². The van der Waals surface area contributed by atoms with Gasteiger partial charge in [-0.25, -0.2) is 8.42 Å². The van der Waals surface area contributed by atoms with Crippen LogP contribution in [0, 0.1) is 0 Å². The van der Waals surface area contributed by atoms with Crippen molar-refractivity contribution in [3.05, 3.63) is 24.3 Å². The molecule has 9 nitrogen and oxygen atoms in total. The normalized spacial score (nSPS) is 28.1. The van der Waals surface area contributed by atoms with Gasteiger partial charge in [-0.15, -0.1) is 0 Å². The highest BCUT2D eigenvalue weighted by atomic mass is 32.2. The standard InChI is InChI=1S/C21H27N3O6S/c1-4-30-14-9-7-13(8-10-14)22-19(26)15-6-5-11-23(15)20(27)18-21(2,3)31(28,29)17-12-16(25)24(17)18/h7-10,15,17-18H,4-6,11-12H2,1-3H3,(H,22,26). The van der Waals surface area contributed by atoms with Gasteiger partial charge in [-0.1, -0.05) is 0 Å². The summed E-state index contributed by atoms with van der Waals surface area (Å²) in [5.74, 6) is -0.461. The van der Waals surface area contributed by atoms with E-state index in [0.717, 1.165) is 0 Å². The Balaban J connectivity index is 1.52. The number of ether oxygens (including phenoxy) is 1. The fourth-order valence-electron chi connectivity index (χ4n) is 4.72. The first-order valence-electron chi connectivity index (χ1n) is 10.5. The zero-order valence-corrected chi connectivity index (χ0v) is 18.6. The molecule has 3 heterocycles. The number of hydrogen-bond acceptors (Lipinski definition) is 6. The number of amides is 3. The number of nitrogens with one attached hydrogen (secondary N) is 1. The number of carbonyl (C=O) groups is 3. The Morgan fingerprint density at radius 2 is 1.90 bits per heavy atom. The maximum absolute atomic E-state index is 13.4. The summed E-state index contributed by atoms with van der Waals surface area (Å²) in [7, 11) is -3.67. The van der Waals surface area contributed by atoms with Crippen molar-refractivity contribution in [2.45, 2.75) is 62.2 Å². The van der Waals surface area contributed by atoms with E-state index < -0.39 is 37.9 Å². The van der Waals surface area contributed by atoms with Gasteiger partial charge in [-0.05, 0) is 57.9 Å². The lowest BCUT2D eigenvalue weighted by molar-refractivity contribution is -0.155. The highest BCUT2D eigenvalue weighted by Gasteiger charge is 2.68. The molecule has 3 aliphatic rings. The third kappa shape index (κ3) is 3.28. The maximum Gasteiger partial charge on any atom is 0.247 e. The fourth-order valence-corrected chi connectivity index (χ4v) is 6.84. The first-order valence-corrected chi connectivity index (χ1v) is 12.0. The number of hydrogen-bond donors (Lipinski definition) is 1. The summed E-state index contributed by atoms with van der Waals surface area (Å²) in [5.41, 5.74) is 0.578. The summed E-state index contributed by atoms with van der Waals surface area (Å²) in [6.07, 6.45) is 1.02. The molecule has 1 N–H and O–H groups in total. The fraction of sp³-hybridized carbons (Fsp3) is 0.571. The van der Waals surface area contributed by atoms with Crippen molar-refractivity contribution in [3.63, 3.8) is 0 Å². The zero-order chi connectivity index (χ0) is 22.6. The lowest BCUT2D eigenvalue weighted by Gasteiger charge is -2.39. The number of sulfone groups is 1. The molecule has 0 bridgehead atoms. The van der Waals surface area contributed by atoms with E-state index in [1.165, 1.54) is 23.6 Å². The van der Waals surface area contributed by atoms with E-state index in [2.05, 4.69) is 5.32 Å². The predicted octanol–water partition coefficient (Wildman–Crippen LogP) is 1.15. The quantitative estimate of drug-likeness (QED) is 0.675. The van der Waals surface area contributed by atoms with Crippen LogP contribution in [0.5, 0.6) is 5.75 Å². The van der Waals surface area contributed by atoms with E-state index in [1.807, 2.05) is 6.92 Å². The minimum Gasteiger partial charge on any atom is -0.494 e. The van der Waals surface area contributed by atoms with Crippen molar-refractivity contribution in [1.82, 2.24) is 9.80 Å². The van der Waals surface area contributed by atoms with Crippen molar-refractivity contribution in [1.29, 1.82) is 0 Å². The minimum atomic E-state index is -3.67.